The van der Waals surface area contributed by atoms with E-state index in [1.54, 1.807) is 7.11 Å². The predicted molar refractivity (Wildman–Crippen MR) is 122 cm³/mol. The van der Waals surface area contributed by atoms with Gasteiger partial charge in [0.1, 0.15) is 5.75 Å². The van der Waals surface area contributed by atoms with Crippen molar-refractivity contribution in [3.63, 3.8) is 0 Å². The van der Waals surface area contributed by atoms with E-state index in [4.69, 9.17) is 4.74 Å². The zero-order chi connectivity index (χ0) is 17.8. The lowest BCUT2D eigenvalue weighted by Gasteiger charge is -2.26. The third kappa shape index (κ3) is 9.55. The van der Waals surface area contributed by atoms with Crippen LogP contribution in [-0.4, -0.2) is 64.2 Å². The lowest BCUT2D eigenvalue weighted by molar-refractivity contribution is 0.298. The monoisotopic (exact) mass is 480 g/mol. The summed E-state index contributed by atoms with van der Waals surface area (Å²) in [6, 6.07) is 8.51. The Kier molecular flexibility index (Phi) is 14.1. The van der Waals surface area contributed by atoms with Crippen LogP contribution in [0.4, 0.5) is 0 Å². The highest BCUT2D eigenvalue weighted by Crippen LogP contribution is 2.20. The summed E-state index contributed by atoms with van der Waals surface area (Å²) in [6.07, 6.45) is 4.54. The van der Waals surface area contributed by atoms with Gasteiger partial charge in [0.15, 0.2) is 5.96 Å². The highest BCUT2D eigenvalue weighted by atomic mass is 127. The van der Waals surface area contributed by atoms with Crippen molar-refractivity contribution in [1.29, 1.82) is 0 Å². The number of thioether (sulfide) groups is 1. The number of benzene rings is 1. The number of ether oxygens (including phenoxy) is 1. The van der Waals surface area contributed by atoms with Crippen molar-refractivity contribution in [2.75, 3.05) is 53.4 Å². The molecule has 7 heteroatoms. The quantitative estimate of drug-likeness (QED) is 0.233. The molecular weight excluding hydrogens is 447 g/mol. The normalized spacial score (nSPS) is 12.5. The third-order valence-corrected chi connectivity index (χ3v) is 4.57. The van der Waals surface area contributed by atoms with Crippen molar-refractivity contribution in [2.24, 2.45) is 4.99 Å². The van der Waals surface area contributed by atoms with Gasteiger partial charge in [-0.15, -0.1) is 24.0 Å². The van der Waals surface area contributed by atoms with Gasteiger partial charge in [-0.3, -0.25) is 4.99 Å². The molecule has 0 aliphatic carbocycles. The maximum absolute atomic E-state index is 5.24. The highest BCUT2D eigenvalue weighted by molar-refractivity contribution is 14.0. The number of nitrogens with one attached hydrogen (secondary N) is 2. The molecule has 0 aromatic heterocycles. The van der Waals surface area contributed by atoms with Crippen LogP contribution in [0.2, 0.25) is 0 Å². The van der Waals surface area contributed by atoms with Crippen LogP contribution in [0.1, 0.15) is 24.4 Å². The second-order valence-corrected chi connectivity index (χ2v) is 6.82. The Bertz CT molecular complexity index is 482. The van der Waals surface area contributed by atoms with E-state index in [9.17, 15) is 0 Å². The Balaban J connectivity index is 0.00000576. The number of hydrogen-bond donors (Lipinski definition) is 2. The van der Waals surface area contributed by atoms with Crippen molar-refractivity contribution in [1.82, 2.24) is 15.5 Å². The molecular formula is C18H33IN4OS. The zero-order valence-corrected chi connectivity index (χ0v) is 19.2. The minimum absolute atomic E-state index is 0. The maximum Gasteiger partial charge on any atom is 0.191 e. The molecule has 0 radical (unpaired) electrons. The van der Waals surface area contributed by atoms with E-state index in [1.807, 2.05) is 30.9 Å². The van der Waals surface area contributed by atoms with Gasteiger partial charge in [-0.1, -0.05) is 12.1 Å². The fourth-order valence-electron chi connectivity index (χ4n) is 2.42. The van der Waals surface area contributed by atoms with E-state index >= 15 is 0 Å². The summed E-state index contributed by atoms with van der Waals surface area (Å²) in [5.74, 6) is 2.96. The summed E-state index contributed by atoms with van der Waals surface area (Å²) in [4.78, 5) is 6.52. The van der Waals surface area contributed by atoms with Gasteiger partial charge in [0, 0.05) is 20.1 Å². The molecule has 1 unspecified atom stereocenters. The van der Waals surface area contributed by atoms with Crippen LogP contribution >= 0.6 is 35.7 Å². The smallest absolute Gasteiger partial charge is 0.191 e. The van der Waals surface area contributed by atoms with Crippen LogP contribution in [-0.2, 0) is 0 Å². The van der Waals surface area contributed by atoms with E-state index in [0.29, 0.717) is 0 Å². The van der Waals surface area contributed by atoms with Gasteiger partial charge in [-0.25, -0.2) is 0 Å². The number of likely N-dealkylation sites (N-methyl/N-ethyl adjacent to an activating group) is 1. The molecule has 25 heavy (non-hydrogen) atoms. The molecule has 2 N–H and O–H groups in total. The molecule has 0 amide bonds. The van der Waals surface area contributed by atoms with E-state index in [-0.39, 0.29) is 30.0 Å². The summed E-state index contributed by atoms with van der Waals surface area (Å²) in [5, 5.41) is 6.81. The minimum atomic E-state index is 0. The molecule has 1 aromatic carbocycles. The van der Waals surface area contributed by atoms with Crippen molar-refractivity contribution in [3.8, 4) is 5.75 Å². The number of nitrogens with zero attached hydrogens (tertiary/aromatic N) is 2. The predicted octanol–water partition coefficient (Wildman–Crippen LogP) is 3.22. The molecule has 0 fully saturated rings. The first-order valence-electron chi connectivity index (χ1n) is 8.36. The summed E-state index contributed by atoms with van der Waals surface area (Å²) >= 11 is 1.90. The van der Waals surface area contributed by atoms with Crippen LogP contribution in [0.25, 0.3) is 0 Å². The molecule has 1 atom stereocenters. The number of unbranched alkanes of at least 4 members (excludes halogenated alkanes) is 1. The third-order valence-electron chi connectivity index (χ3n) is 3.88. The van der Waals surface area contributed by atoms with E-state index in [2.05, 4.69) is 53.0 Å². The van der Waals surface area contributed by atoms with Crippen molar-refractivity contribution in [3.05, 3.63) is 29.8 Å². The Hall–Kier alpha value is -0.670. The number of guanidine groups is 1. The van der Waals surface area contributed by atoms with Crippen LogP contribution in [0.15, 0.2) is 29.3 Å². The Labute approximate surface area is 174 Å². The Morgan fingerprint density at radius 2 is 1.88 bits per heavy atom. The number of methoxy groups -OCH3 is 1. The molecule has 0 spiro atoms. The molecule has 144 valence electrons. The summed E-state index contributed by atoms with van der Waals surface area (Å²) in [7, 11) is 7.69. The van der Waals surface area contributed by atoms with Gasteiger partial charge in [0.05, 0.1) is 13.2 Å². The van der Waals surface area contributed by atoms with E-state index in [0.717, 1.165) is 31.2 Å². The fourth-order valence-corrected chi connectivity index (χ4v) is 2.91. The second kappa shape index (κ2) is 14.5. The first-order valence-corrected chi connectivity index (χ1v) is 9.75. The zero-order valence-electron chi connectivity index (χ0n) is 16.0. The van der Waals surface area contributed by atoms with Gasteiger partial charge in [0.25, 0.3) is 0 Å². The highest BCUT2D eigenvalue weighted by Gasteiger charge is 2.14. The topological polar surface area (TPSA) is 48.9 Å². The van der Waals surface area contributed by atoms with Gasteiger partial charge in [-0.2, -0.15) is 11.8 Å². The average molecular weight is 480 g/mol. The number of halogens is 1. The number of hydrogen-bond acceptors (Lipinski definition) is 4. The largest absolute Gasteiger partial charge is 0.497 e. The van der Waals surface area contributed by atoms with Crippen LogP contribution in [0, 0.1) is 0 Å². The molecule has 0 bridgehead atoms. The molecule has 5 nitrogen and oxygen atoms in total. The Morgan fingerprint density at radius 1 is 1.20 bits per heavy atom. The molecule has 0 saturated carbocycles. The second-order valence-electron chi connectivity index (χ2n) is 5.83. The van der Waals surface area contributed by atoms with Crippen molar-refractivity contribution in [2.45, 2.75) is 18.9 Å². The average Bonchev–Trinajstić information content (AvgIpc) is 2.60. The van der Waals surface area contributed by atoms with Crippen LogP contribution < -0.4 is 15.4 Å². The number of aliphatic imine (C=N–C) groups is 1. The molecule has 1 rings (SSSR count). The van der Waals surface area contributed by atoms with E-state index < -0.39 is 0 Å². The number of rotatable bonds is 10. The molecule has 0 heterocycles. The van der Waals surface area contributed by atoms with Gasteiger partial charge >= 0.3 is 0 Å². The molecule has 0 saturated heterocycles. The van der Waals surface area contributed by atoms with Gasteiger partial charge in [-0.05, 0) is 56.6 Å². The lowest BCUT2D eigenvalue weighted by Crippen LogP contribution is -2.42. The van der Waals surface area contributed by atoms with Crippen LogP contribution in [0.5, 0.6) is 5.75 Å². The molecule has 0 aliphatic rings. The van der Waals surface area contributed by atoms with Gasteiger partial charge in [0.2, 0.25) is 0 Å². The van der Waals surface area contributed by atoms with E-state index in [1.165, 1.54) is 17.7 Å². The molecule has 1 aromatic rings. The first-order chi connectivity index (χ1) is 11.6. The fraction of sp³-hybridized carbons (Fsp3) is 0.611. The lowest BCUT2D eigenvalue weighted by atomic mass is 10.1. The minimum Gasteiger partial charge on any atom is -0.497 e. The van der Waals surface area contributed by atoms with Crippen molar-refractivity contribution >= 4 is 41.7 Å². The summed E-state index contributed by atoms with van der Waals surface area (Å²) in [5.41, 5.74) is 1.25. The summed E-state index contributed by atoms with van der Waals surface area (Å²) in [6.45, 7) is 1.75. The van der Waals surface area contributed by atoms with Crippen LogP contribution in [0.3, 0.4) is 0 Å². The molecule has 0 aliphatic heterocycles. The van der Waals surface area contributed by atoms with Gasteiger partial charge < -0.3 is 20.3 Å². The maximum atomic E-state index is 5.24. The Morgan fingerprint density at radius 3 is 2.40 bits per heavy atom. The standard InChI is InChI=1S/C18H32N4OS.HI/c1-19-18(20-12-6-7-13-24-5)21-14-17(22(2)3)15-8-10-16(23-4)11-9-15;/h8-11,17H,6-7,12-14H2,1-5H3,(H2,19,20,21);1H. The summed E-state index contributed by atoms with van der Waals surface area (Å²) < 4.78 is 5.24. The van der Waals surface area contributed by atoms with Crippen molar-refractivity contribution < 1.29 is 4.74 Å². The first kappa shape index (κ1) is 24.3. The SMILES string of the molecule is CN=C(NCCCCSC)NCC(c1ccc(OC)cc1)N(C)C.I.